The van der Waals surface area contributed by atoms with Crippen molar-refractivity contribution >= 4 is 29.0 Å². The van der Waals surface area contributed by atoms with Crippen LogP contribution in [0.2, 0.25) is 0 Å². The fourth-order valence-corrected chi connectivity index (χ4v) is 4.22. The van der Waals surface area contributed by atoms with Crippen LogP contribution in [0.15, 0.2) is 35.3 Å². The van der Waals surface area contributed by atoms with Crippen molar-refractivity contribution in [3.05, 3.63) is 35.9 Å². The highest BCUT2D eigenvalue weighted by atomic mass is 32.2. The number of rotatable bonds is 3. The quantitative estimate of drug-likeness (QED) is 0.684. The highest BCUT2D eigenvalue weighted by molar-refractivity contribution is 8.14. The molecule has 30 heavy (non-hydrogen) atoms. The molecule has 1 aromatic carbocycles. The van der Waals surface area contributed by atoms with E-state index < -0.39 is 54.1 Å². The molecule has 5 atom stereocenters. The number of fused-ring (bicyclic) bond motifs is 1. The Labute approximate surface area is 179 Å². The number of amides is 1. The van der Waals surface area contributed by atoms with Crippen LogP contribution in [0.4, 0.5) is 4.79 Å². The number of ether oxygens (including phenoxy) is 3. The van der Waals surface area contributed by atoms with Gasteiger partial charge in [-0.05, 0) is 32.9 Å². The first-order chi connectivity index (χ1) is 14.1. The van der Waals surface area contributed by atoms with Crippen LogP contribution in [0.5, 0.6) is 0 Å². The summed E-state index contributed by atoms with van der Waals surface area (Å²) >= 11 is 1.14. The second-order valence-corrected chi connectivity index (χ2v) is 9.08. The zero-order valence-corrected chi connectivity index (χ0v) is 18.0. The van der Waals surface area contributed by atoms with E-state index in [1.165, 1.54) is 11.9 Å². The minimum absolute atomic E-state index is 0.310. The van der Waals surface area contributed by atoms with Gasteiger partial charge in [0.2, 0.25) is 0 Å². The lowest BCUT2D eigenvalue weighted by molar-refractivity contribution is -0.166. The molecule has 9 nitrogen and oxygen atoms in total. The molecule has 1 amide bonds. The molecule has 0 radical (unpaired) electrons. The SMILES string of the molecule is CN(C(=O)OC(C)(C)C)C1=NC2C(OC(CO)C(OC(=O)c3ccccc3)C2O)S1. The van der Waals surface area contributed by atoms with E-state index in [1.807, 2.05) is 0 Å². The zero-order chi connectivity index (χ0) is 22.1. The Morgan fingerprint density at radius 2 is 1.93 bits per heavy atom. The molecule has 0 saturated carbocycles. The largest absolute Gasteiger partial charge is 0.453 e. The normalized spacial score (nSPS) is 28.3. The van der Waals surface area contributed by atoms with Gasteiger partial charge >= 0.3 is 12.1 Å². The van der Waals surface area contributed by atoms with Crippen LogP contribution in [0.1, 0.15) is 31.1 Å². The molecule has 164 valence electrons. The summed E-state index contributed by atoms with van der Waals surface area (Å²) in [7, 11) is 1.51. The molecule has 0 spiro atoms. The minimum atomic E-state index is -1.22. The van der Waals surface area contributed by atoms with Crippen molar-refractivity contribution in [2.45, 2.75) is 56.2 Å². The predicted octanol–water partition coefficient (Wildman–Crippen LogP) is 1.63. The Bertz CT molecular complexity index is 811. The molecule has 5 unspecified atom stereocenters. The summed E-state index contributed by atoms with van der Waals surface area (Å²) < 4.78 is 16.6. The van der Waals surface area contributed by atoms with Gasteiger partial charge in [-0.15, -0.1) is 0 Å². The van der Waals surface area contributed by atoms with Crippen molar-refractivity contribution < 1.29 is 34.0 Å². The molecule has 1 fully saturated rings. The number of benzene rings is 1. The van der Waals surface area contributed by atoms with Gasteiger partial charge in [0.15, 0.2) is 11.3 Å². The molecule has 2 aliphatic rings. The van der Waals surface area contributed by atoms with Gasteiger partial charge in [0.1, 0.15) is 29.3 Å². The van der Waals surface area contributed by atoms with Gasteiger partial charge in [0, 0.05) is 7.05 Å². The lowest BCUT2D eigenvalue weighted by atomic mass is 9.98. The number of esters is 1. The number of hydrogen-bond donors (Lipinski definition) is 2. The second kappa shape index (κ2) is 8.93. The molecule has 2 aliphatic heterocycles. The number of carbonyl (C=O) groups is 2. The third-order valence-corrected chi connectivity index (χ3v) is 5.72. The maximum atomic E-state index is 12.4. The van der Waals surface area contributed by atoms with Gasteiger partial charge in [-0.2, -0.15) is 0 Å². The van der Waals surface area contributed by atoms with Crippen molar-refractivity contribution in [3.63, 3.8) is 0 Å². The Morgan fingerprint density at radius 1 is 1.27 bits per heavy atom. The average Bonchev–Trinajstić information content (AvgIpc) is 3.13. The van der Waals surface area contributed by atoms with Gasteiger partial charge < -0.3 is 24.4 Å². The summed E-state index contributed by atoms with van der Waals surface area (Å²) in [6, 6.07) is 7.57. The van der Waals surface area contributed by atoms with E-state index in [0.717, 1.165) is 11.8 Å². The number of hydrogen-bond acceptors (Lipinski definition) is 9. The first kappa shape index (κ1) is 22.5. The number of amidine groups is 1. The van der Waals surface area contributed by atoms with Crippen LogP contribution < -0.4 is 0 Å². The van der Waals surface area contributed by atoms with E-state index in [1.54, 1.807) is 51.1 Å². The highest BCUT2D eigenvalue weighted by Gasteiger charge is 2.51. The number of aliphatic imine (C=N–C) groups is 1. The monoisotopic (exact) mass is 438 g/mol. The number of aliphatic hydroxyl groups is 2. The number of carbonyl (C=O) groups excluding carboxylic acids is 2. The highest BCUT2D eigenvalue weighted by Crippen LogP contribution is 2.38. The Morgan fingerprint density at radius 3 is 2.53 bits per heavy atom. The van der Waals surface area contributed by atoms with Crippen LogP contribution in [0.25, 0.3) is 0 Å². The van der Waals surface area contributed by atoms with E-state index in [4.69, 9.17) is 14.2 Å². The molecule has 2 heterocycles. The third-order valence-electron chi connectivity index (χ3n) is 4.51. The van der Waals surface area contributed by atoms with E-state index >= 15 is 0 Å². The Hall–Kier alpha value is -2.14. The fourth-order valence-electron chi connectivity index (χ4n) is 3.03. The summed E-state index contributed by atoms with van der Waals surface area (Å²) in [5.74, 6) is -0.638. The number of thioether (sulfide) groups is 1. The molecule has 0 aliphatic carbocycles. The van der Waals surface area contributed by atoms with Gasteiger partial charge in [0.05, 0.1) is 12.2 Å². The molecule has 0 bridgehead atoms. The van der Waals surface area contributed by atoms with Crippen LogP contribution in [0, 0.1) is 0 Å². The maximum absolute atomic E-state index is 12.4. The maximum Gasteiger partial charge on any atom is 0.416 e. The molecular formula is C20H26N2O7S. The van der Waals surface area contributed by atoms with E-state index in [2.05, 4.69) is 4.99 Å². The first-order valence-corrected chi connectivity index (χ1v) is 10.4. The minimum Gasteiger partial charge on any atom is -0.453 e. The zero-order valence-electron chi connectivity index (χ0n) is 17.2. The van der Waals surface area contributed by atoms with Gasteiger partial charge in [-0.1, -0.05) is 30.0 Å². The Balaban J connectivity index is 1.74. The standard InChI is InChI=1S/C20H26N2O7S/c1-20(2,3)29-19(26)22(4)18-21-13-14(24)15(12(10-23)27-17(13)30-18)28-16(25)11-8-6-5-7-9-11/h5-9,12-15,17,23-24H,10H2,1-4H3. The van der Waals surface area contributed by atoms with Crippen molar-refractivity contribution in [1.29, 1.82) is 0 Å². The van der Waals surface area contributed by atoms with Gasteiger partial charge in [-0.3, -0.25) is 9.89 Å². The molecule has 10 heteroatoms. The first-order valence-electron chi connectivity index (χ1n) is 9.52. The smallest absolute Gasteiger partial charge is 0.416 e. The average molecular weight is 439 g/mol. The summed E-state index contributed by atoms with van der Waals surface area (Å²) in [4.78, 5) is 30.4. The van der Waals surface area contributed by atoms with Crippen molar-refractivity contribution in [2.75, 3.05) is 13.7 Å². The van der Waals surface area contributed by atoms with Crippen LogP contribution in [-0.2, 0) is 14.2 Å². The summed E-state index contributed by atoms with van der Waals surface area (Å²) in [5.41, 5.74) is -0.988. The second-order valence-electron chi connectivity index (χ2n) is 8.01. The van der Waals surface area contributed by atoms with E-state index in [0.29, 0.717) is 10.7 Å². The molecule has 1 saturated heterocycles. The van der Waals surface area contributed by atoms with E-state index in [-0.39, 0.29) is 0 Å². The van der Waals surface area contributed by atoms with Crippen LogP contribution in [-0.4, -0.2) is 81.4 Å². The van der Waals surface area contributed by atoms with Crippen molar-refractivity contribution in [3.8, 4) is 0 Å². The third kappa shape index (κ3) is 4.94. The van der Waals surface area contributed by atoms with Crippen LogP contribution >= 0.6 is 11.8 Å². The molecule has 0 aromatic heterocycles. The summed E-state index contributed by atoms with van der Waals surface area (Å²) in [6.07, 6.45) is -3.85. The van der Waals surface area contributed by atoms with Crippen LogP contribution in [0.3, 0.4) is 0 Å². The molecule has 1 aromatic rings. The molecular weight excluding hydrogens is 412 g/mol. The number of nitrogens with zero attached hydrogens (tertiary/aromatic N) is 2. The van der Waals surface area contributed by atoms with Gasteiger partial charge in [0.25, 0.3) is 0 Å². The predicted molar refractivity (Wildman–Crippen MR) is 110 cm³/mol. The van der Waals surface area contributed by atoms with Crippen molar-refractivity contribution in [1.82, 2.24) is 4.90 Å². The molecule has 2 N–H and O–H groups in total. The van der Waals surface area contributed by atoms with Gasteiger partial charge in [-0.25, -0.2) is 9.59 Å². The molecule has 3 rings (SSSR count). The Kier molecular flexibility index (Phi) is 6.71. The summed E-state index contributed by atoms with van der Waals surface area (Å²) in [6.45, 7) is 4.82. The lowest BCUT2D eigenvalue weighted by Gasteiger charge is -2.39. The van der Waals surface area contributed by atoms with Crippen molar-refractivity contribution in [2.24, 2.45) is 4.99 Å². The fraction of sp³-hybridized carbons (Fsp3) is 0.550. The lowest BCUT2D eigenvalue weighted by Crippen LogP contribution is -2.57. The number of aliphatic hydroxyl groups excluding tert-OH is 2. The van der Waals surface area contributed by atoms with E-state index in [9.17, 15) is 19.8 Å². The summed E-state index contributed by atoms with van der Waals surface area (Å²) in [5, 5.41) is 20.9. The topological polar surface area (TPSA) is 118 Å².